The molecule has 0 saturated carbocycles. The standard InChI is InChI=1S/C22H28N2O4/c1-4-23-21(25)15-28-20-11-7-18(8-12-20)24-22(26)17-5-9-19(10-6-17)27-14-13-16(2)3/h5-12,16H,4,13-15H2,1-3H3,(H,23,25)(H,24,26). The van der Waals surface area contributed by atoms with Gasteiger partial charge in [0.05, 0.1) is 6.61 Å². The summed E-state index contributed by atoms with van der Waals surface area (Å²) in [4.78, 5) is 23.8. The monoisotopic (exact) mass is 384 g/mol. The van der Waals surface area contributed by atoms with Gasteiger partial charge in [0.1, 0.15) is 11.5 Å². The zero-order chi connectivity index (χ0) is 20.4. The third-order valence-corrected chi connectivity index (χ3v) is 3.94. The van der Waals surface area contributed by atoms with Crippen molar-refractivity contribution in [2.75, 3.05) is 25.1 Å². The molecule has 0 unspecified atom stereocenters. The molecule has 0 bridgehead atoms. The minimum Gasteiger partial charge on any atom is -0.494 e. The van der Waals surface area contributed by atoms with E-state index in [2.05, 4.69) is 24.5 Å². The molecule has 6 heteroatoms. The maximum atomic E-state index is 12.4. The number of ether oxygens (including phenoxy) is 2. The van der Waals surface area contributed by atoms with Crippen LogP contribution in [0.3, 0.4) is 0 Å². The maximum Gasteiger partial charge on any atom is 0.257 e. The van der Waals surface area contributed by atoms with Gasteiger partial charge in [-0.1, -0.05) is 13.8 Å². The first kappa shape index (κ1) is 21.3. The number of hydrogen-bond donors (Lipinski definition) is 2. The lowest BCUT2D eigenvalue weighted by atomic mass is 10.1. The Labute approximate surface area is 166 Å². The van der Waals surface area contributed by atoms with Gasteiger partial charge in [-0.25, -0.2) is 0 Å². The summed E-state index contributed by atoms with van der Waals surface area (Å²) in [5.74, 6) is 1.54. The van der Waals surface area contributed by atoms with Crippen LogP contribution in [-0.2, 0) is 4.79 Å². The molecule has 2 aromatic rings. The van der Waals surface area contributed by atoms with Crippen molar-refractivity contribution < 1.29 is 19.1 Å². The van der Waals surface area contributed by atoms with E-state index in [0.717, 1.165) is 12.2 Å². The van der Waals surface area contributed by atoms with Gasteiger partial charge in [0.15, 0.2) is 6.61 Å². The predicted molar refractivity (Wildman–Crippen MR) is 110 cm³/mol. The molecule has 0 saturated heterocycles. The Bertz CT molecular complexity index is 755. The van der Waals surface area contributed by atoms with E-state index in [9.17, 15) is 9.59 Å². The lowest BCUT2D eigenvalue weighted by molar-refractivity contribution is -0.122. The van der Waals surface area contributed by atoms with Gasteiger partial charge < -0.3 is 20.1 Å². The van der Waals surface area contributed by atoms with Gasteiger partial charge in [-0.2, -0.15) is 0 Å². The Morgan fingerprint density at radius 2 is 1.54 bits per heavy atom. The quantitative estimate of drug-likeness (QED) is 0.652. The number of anilines is 1. The van der Waals surface area contributed by atoms with Crippen LogP contribution in [0.2, 0.25) is 0 Å². The van der Waals surface area contributed by atoms with E-state index >= 15 is 0 Å². The van der Waals surface area contributed by atoms with Crippen LogP contribution in [0.1, 0.15) is 37.6 Å². The molecule has 2 N–H and O–H groups in total. The van der Waals surface area contributed by atoms with E-state index in [-0.39, 0.29) is 18.4 Å². The molecule has 0 spiro atoms. The Kier molecular flexibility index (Phi) is 8.34. The van der Waals surface area contributed by atoms with Crippen molar-refractivity contribution in [2.45, 2.75) is 27.2 Å². The Hall–Kier alpha value is -3.02. The highest BCUT2D eigenvalue weighted by molar-refractivity contribution is 6.04. The fraction of sp³-hybridized carbons (Fsp3) is 0.364. The number of nitrogens with one attached hydrogen (secondary N) is 2. The second-order valence-electron chi connectivity index (χ2n) is 6.78. The van der Waals surface area contributed by atoms with Crippen molar-refractivity contribution in [3.05, 3.63) is 54.1 Å². The third kappa shape index (κ3) is 7.31. The summed E-state index contributed by atoms with van der Waals surface area (Å²) >= 11 is 0. The van der Waals surface area contributed by atoms with Crippen LogP contribution in [0.4, 0.5) is 5.69 Å². The summed E-state index contributed by atoms with van der Waals surface area (Å²) in [5, 5.41) is 5.50. The number of amides is 2. The molecular weight excluding hydrogens is 356 g/mol. The smallest absolute Gasteiger partial charge is 0.257 e. The van der Waals surface area contributed by atoms with Crippen molar-refractivity contribution >= 4 is 17.5 Å². The molecule has 2 amide bonds. The number of rotatable bonds is 10. The molecule has 0 aromatic heterocycles. The van der Waals surface area contributed by atoms with Crippen LogP contribution >= 0.6 is 0 Å². The van der Waals surface area contributed by atoms with Crippen molar-refractivity contribution in [3.8, 4) is 11.5 Å². The molecule has 0 heterocycles. The number of carbonyl (C=O) groups excluding carboxylic acids is 2. The second-order valence-corrected chi connectivity index (χ2v) is 6.78. The minimum absolute atomic E-state index is 0.0366. The summed E-state index contributed by atoms with van der Waals surface area (Å²) < 4.78 is 11.1. The number of benzene rings is 2. The fourth-order valence-corrected chi connectivity index (χ4v) is 2.35. The van der Waals surface area contributed by atoms with Crippen LogP contribution in [0.5, 0.6) is 11.5 Å². The van der Waals surface area contributed by atoms with E-state index < -0.39 is 0 Å². The third-order valence-electron chi connectivity index (χ3n) is 3.94. The zero-order valence-electron chi connectivity index (χ0n) is 16.7. The molecule has 0 fully saturated rings. The van der Waals surface area contributed by atoms with E-state index in [4.69, 9.17) is 9.47 Å². The van der Waals surface area contributed by atoms with Gasteiger partial charge in [0.2, 0.25) is 0 Å². The summed E-state index contributed by atoms with van der Waals surface area (Å²) in [7, 11) is 0. The average molecular weight is 384 g/mol. The minimum atomic E-state index is -0.204. The largest absolute Gasteiger partial charge is 0.494 e. The maximum absolute atomic E-state index is 12.4. The molecule has 150 valence electrons. The summed E-state index contributed by atoms with van der Waals surface area (Å²) in [6.07, 6.45) is 0.991. The summed E-state index contributed by atoms with van der Waals surface area (Å²) in [6.45, 7) is 7.35. The predicted octanol–water partition coefficient (Wildman–Crippen LogP) is 3.88. The van der Waals surface area contributed by atoms with Crippen LogP contribution in [-0.4, -0.2) is 31.6 Å². The SMILES string of the molecule is CCNC(=O)COc1ccc(NC(=O)c2ccc(OCCC(C)C)cc2)cc1. The van der Waals surface area contributed by atoms with E-state index in [1.807, 2.05) is 6.92 Å². The van der Waals surface area contributed by atoms with Crippen LogP contribution in [0.25, 0.3) is 0 Å². The first-order valence-corrected chi connectivity index (χ1v) is 9.51. The molecule has 0 radical (unpaired) electrons. The highest BCUT2D eigenvalue weighted by atomic mass is 16.5. The molecule has 0 aliphatic heterocycles. The number of carbonyl (C=O) groups is 2. The van der Waals surface area contributed by atoms with Gasteiger partial charge in [-0.3, -0.25) is 9.59 Å². The lowest BCUT2D eigenvalue weighted by Gasteiger charge is -2.10. The highest BCUT2D eigenvalue weighted by Gasteiger charge is 2.07. The van der Waals surface area contributed by atoms with Crippen molar-refractivity contribution in [3.63, 3.8) is 0 Å². The summed E-state index contributed by atoms with van der Waals surface area (Å²) in [5.41, 5.74) is 1.19. The number of likely N-dealkylation sites (N-methyl/N-ethyl adjacent to an activating group) is 1. The normalized spacial score (nSPS) is 10.4. The molecule has 0 aliphatic carbocycles. The molecule has 2 aromatic carbocycles. The molecule has 0 atom stereocenters. The van der Waals surface area contributed by atoms with Gasteiger partial charge in [0.25, 0.3) is 11.8 Å². The molecule has 0 aliphatic rings. The highest BCUT2D eigenvalue weighted by Crippen LogP contribution is 2.18. The molecule has 2 rings (SSSR count). The topological polar surface area (TPSA) is 76.7 Å². The first-order valence-electron chi connectivity index (χ1n) is 9.51. The van der Waals surface area contributed by atoms with E-state index in [0.29, 0.717) is 36.1 Å². The van der Waals surface area contributed by atoms with Gasteiger partial charge in [0, 0.05) is 17.8 Å². The lowest BCUT2D eigenvalue weighted by Crippen LogP contribution is -2.28. The van der Waals surface area contributed by atoms with Gasteiger partial charge in [-0.05, 0) is 67.8 Å². The van der Waals surface area contributed by atoms with Crippen molar-refractivity contribution in [1.82, 2.24) is 5.32 Å². The van der Waals surface area contributed by atoms with Crippen LogP contribution < -0.4 is 20.1 Å². The van der Waals surface area contributed by atoms with Crippen LogP contribution in [0, 0.1) is 5.92 Å². The van der Waals surface area contributed by atoms with Gasteiger partial charge in [-0.15, -0.1) is 0 Å². The Morgan fingerprint density at radius 3 is 2.14 bits per heavy atom. The van der Waals surface area contributed by atoms with Crippen molar-refractivity contribution in [1.29, 1.82) is 0 Å². The van der Waals surface area contributed by atoms with E-state index in [1.165, 1.54) is 0 Å². The molecule has 28 heavy (non-hydrogen) atoms. The zero-order valence-corrected chi connectivity index (χ0v) is 16.7. The van der Waals surface area contributed by atoms with Crippen LogP contribution in [0.15, 0.2) is 48.5 Å². The second kappa shape index (κ2) is 11.0. The number of hydrogen-bond acceptors (Lipinski definition) is 4. The summed E-state index contributed by atoms with van der Waals surface area (Å²) in [6, 6.07) is 14.0. The Morgan fingerprint density at radius 1 is 0.929 bits per heavy atom. The molecule has 6 nitrogen and oxygen atoms in total. The fourth-order valence-electron chi connectivity index (χ4n) is 2.35. The average Bonchev–Trinajstić information content (AvgIpc) is 2.68. The Balaban J connectivity index is 1.84. The van der Waals surface area contributed by atoms with E-state index in [1.54, 1.807) is 48.5 Å². The first-order chi connectivity index (χ1) is 13.5. The molecular formula is C22H28N2O4. The van der Waals surface area contributed by atoms with Crippen molar-refractivity contribution in [2.24, 2.45) is 5.92 Å². The van der Waals surface area contributed by atoms with Gasteiger partial charge >= 0.3 is 0 Å².